The van der Waals surface area contributed by atoms with Gasteiger partial charge in [-0.25, -0.2) is 8.42 Å². The first-order chi connectivity index (χ1) is 29.3. The molecule has 5 aromatic carbocycles. The van der Waals surface area contributed by atoms with E-state index in [9.17, 15) is 13.5 Å². The van der Waals surface area contributed by atoms with Gasteiger partial charge < -0.3 is 24.8 Å². The van der Waals surface area contributed by atoms with Gasteiger partial charge >= 0.3 is 0 Å². The van der Waals surface area contributed by atoms with E-state index in [2.05, 4.69) is 105 Å². The quantitative estimate of drug-likeness (QED) is 0.0886. The highest BCUT2D eigenvalue weighted by Crippen LogP contribution is 2.41. The van der Waals surface area contributed by atoms with E-state index in [4.69, 9.17) is 11.6 Å². The molecule has 0 radical (unpaired) electrons. The van der Waals surface area contributed by atoms with Gasteiger partial charge in [-0.1, -0.05) is 54.1 Å². The lowest BCUT2D eigenvalue weighted by atomic mass is 9.70. The van der Waals surface area contributed by atoms with Gasteiger partial charge in [0.2, 0.25) is 0 Å². The lowest BCUT2D eigenvalue weighted by Crippen LogP contribution is -2.46. The number of nitrogens with one attached hydrogen (secondary N) is 2. The predicted molar refractivity (Wildman–Crippen MR) is 256 cm³/mol. The summed E-state index contributed by atoms with van der Waals surface area (Å²) in [6, 6.07) is 42.7. The number of anilines is 4. The van der Waals surface area contributed by atoms with Crippen molar-refractivity contribution in [3.05, 3.63) is 144 Å². The number of aliphatic hydroxyl groups is 1. The molecule has 3 N–H and O–H groups in total. The van der Waals surface area contributed by atoms with E-state index in [1.165, 1.54) is 33.1 Å². The van der Waals surface area contributed by atoms with E-state index >= 15 is 0 Å². The highest BCUT2D eigenvalue weighted by Gasteiger charge is 2.38. The Morgan fingerprint density at radius 1 is 0.803 bits per heavy atom. The molecule has 1 aliphatic carbocycles. The summed E-state index contributed by atoms with van der Waals surface area (Å²) in [5.41, 5.74) is 9.97. The second-order valence-corrected chi connectivity index (χ2v) is 20.3. The fourth-order valence-corrected chi connectivity index (χ4v) is 11.1. The van der Waals surface area contributed by atoms with Crippen LogP contribution in [0.2, 0.25) is 5.02 Å². The molecule has 0 bridgehead atoms. The van der Waals surface area contributed by atoms with Crippen molar-refractivity contribution in [1.29, 1.82) is 0 Å². The molecule has 1 aliphatic heterocycles. The fraction of sp³-hybridized carbons (Fsp3) is 0.320. The van der Waals surface area contributed by atoms with Crippen LogP contribution >= 0.6 is 23.4 Å². The first-order valence-corrected chi connectivity index (χ1v) is 24.1. The lowest BCUT2D eigenvalue weighted by Gasteiger charge is -2.41. The molecule has 318 valence electrons. The molecular formula is C50H56ClN5O3S2. The van der Waals surface area contributed by atoms with Crippen molar-refractivity contribution in [1.82, 2.24) is 4.57 Å². The topological polar surface area (TPSA) is 89.8 Å². The summed E-state index contributed by atoms with van der Waals surface area (Å²) in [6.45, 7) is 9.46. The molecule has 2 aliphatic rings. The number of benzene rings is 5. The van der Waals surface area contributed by atoms with Gasteiger partial charge in [-0.05, 0) is 154 Å². The van der Waals surface area contributed by atoms with E-state index in [0.29, 0.717) is 11.6 Å². The van der Waals surface area contributed by atoms with Crippen molar-refractivity contribution in [3.8, 4) is 22.4 Å². The molecule has 1 aromatic heterocycles. The second-order valence-electron chi connectivity index (χ2n) is 17.1. The van der Waals surface area contributed by atoms with Gasteiger partial charge in [0.1, 0.15) is 0 Å². The molecule has 1 saturated heterocycles. The summed E-state index contributed by atoms with van der Waals surface area (Å²) in [6.07, 6.45) is 3.72. The molecule has 1 saturated carbocycles. The van der Waals surface area contributed by atoms with Crippen molar-refractivity contribution in [2.45, 2.75) is 67.9 Å². The van der Waals surface area contributed by atoms with Crippen LogP contribution in [0.25, 0.3) is 22.4 Å². The number of aryl methyl sites for hydroxylation is 2. The third-order valence-corrected chi connectivity index (χ3v) is 15.1. The van der Waals surface area contributed by atoms with Crippen LogP contribution in [-0.2, 0) is 17.1 Å². The van der Waals surface area contributed by atoms with Crippen LogP contribution in [-0.4, -0.2) is 61.7 Å². The minimum atomic E-state index is -3.81. The normalized spacial score (nSPS) is 18.4. The minimum absolute atomic E-state index is 0.196. The molecule has 8 rings (SSSR count). The number of hydrogen-bond acceptors (Lipinski definition) is 7. The molecule has 0 spiro atoms. The van der Waals surface area contributed by atoms with Crippen LogP contribution in [0.3, 0.4) is 0 Å². The monoisotopic (exact) mass is 873 g/mol. The Balaban J connectivity index is 0.874. The lowest BCUT2D eigenvalue weighted by molar-refractivity contribution is -0.0598. The zero-order valence-electron chi connectivity index (χ0n) is 35.4. The third kappa shape index (κ3) is 10.3. The maximum atomic E-state index is 13.6. The Labute approximate surface area is 371 Å². The largest absolute Gasteiger partial charge is 0.390 e. The van der Waals surface area contributed by atoms with Crippen molar-refractivity contribution in [3.63, 3.8) is 0 Å². The molecule has 2 fully saturated rings. The van der Waals surface area contributed by atoms with Crippen molar-refractivity contribution in [2.24, 2.45) is 13.0 Å². The smallest absolute Gasteiger partial charge is 0.261 e. The summed E-state index contributed by atoms with van der Waals surface area (Å²) in [5, 5.41) is 14.7. The summed E-state index contributed by atoms with van der Waals surface area (Å²) >= 11 is 8.04. The average molecular weight is 875 g/mol. The first-order valence-electron chi connectivity index (χ1n) is 21.2. The number of thioether (sulfide) groups is 1. The van der Waals surface area contributed by atoms with Gasteiger partial charge in [-0.2, -0.15) is 0 Å². The summed E-state index contributed by atoms with van der Waals surface area (Å²) in [7, 11) is -1.70. The summed E-state index contributed by atoms with van der Waals surface area (Å²) in [5.74, 6) is 1.42. The van der Waals surface area contributed by atoms with Crippen LogP contribution in [0, 0.1) is 19.8 Å². The van der Waals surface area contributed by atoms with Gasteiger partial charge in [0.25, 0.3) is 10.0 Å². The Hall–Kier alpha value is -4.87. The van der Waals surface area contributed by atoms with E-state index in [0.717, 1.165) is 85.1 Å². The van der Waals surface area contributed by atoms with E-state index < -0.39 is 15.6 Å². The Morgan fingerprint density at radius 3 is 2.16 bits per heavy atom. The van der Waals surface area contributed by atoms with Crippen LogP contribution in [0.15, 0.2) is 137 Å². The number of halogens is 1. The highest BCUT2D eigenvalue weighted by atomic mass is 35.5. The molecule has 8 nitrogen and oxygen atoms in total. The van der Waals surface area contributed by atoms with Gasteiger partial charge in [0.05, 0.1) is 16.2 Å². The SMILES string of the molecule is Cc1cc(S(=O)(=O)Nc2ccc(N3CCN(c4cccc(-c5cc(C)n(C)c5-c5ccc(Cl)cc5)c4)CC3)cc2)ccc1N[C@H](CCC1CC(C)(O)C1)CSc1ccccc1. The zero-order valence-corrected chi connectivity index (χ0v) is 37.8. The molecular weight excluding hydrogens is 818 g/mol. The number of rotatable bonds is 15. The van der Waals surface area contributed by atoms with Gasteiger partial charge in [0.15, 0.2) is 0 Å². The first kappa shape index (κ1) is 42.8. The predicted octanol–water partition coefficient (Wildman–Crippen LogP) is 11.3. The van der Waals surface area contributed by atoms with Gasteiger partial charge in [-0.3, -0.25) is 4.72 Å². The Bertz CT molecular complexity index is 2550. The molecule has 2 heterocycles. The number of nitrogens with zero attached hydrogens (tertiary/aromatic N) is 3. The van der Waals surface area contributed by atoms with E-state index in [1.54, 1.807) is 12.1 Å². The second kappa shape index (κ2) is 18.2. The third-order valence-electron chi connectivity index (χ3n) is 12.3. The zero-order chi connectivity index (χ0) is 42.7. The maximum Gasteiger partial charge on any atom is 0.261 e. The van der Waals surface area contributed by atoms with Gasteiger partial charge in [0, 0.05) is 88.9 Å². The van der Waals surface area contributed by atoms with E-state index in [-0.39, 0.29) is 10.9 Å². The maximum absolute atomic E-state index is 13.6. The standard InChI is InChI=1S/C50H56ClN5O3S2/c1-35-29-46(23-24-48(35)52-42(18-13-37-32-50(3,57)33-37)34-60-45-11-6-5-7-12-45)61(58,59)53-41-19-21-43(22-20-41)55-25-27-56(28-26-55)44-10-8-9-39(31-44)47-30-36(2)54(4)49(47)38-14-16-40(51)17-15-38/h5-12,14-17,19-24,29-31,37,42,52-53,57H,13,18,25-28,32-34H2,1-4H3/t37?,42-,50?/m1/s1. The molecule has 0 amide bonds. The van der Waals surface area contributed by atoms with Crippen LogP contribution in [0.1, 0.15) is 43.9 Å². The summed E-state index contributed by atoms with van der Waals surface area (Å²) in [4.78, 5) is 6.25. The number of hydrogen-bond donors (Lipinski definition) is 3. The van der Waals surface area contributed by atoms with Gasteiger partial charge in [-0.15, -0.1) is 11.8 Å². The minimum Gasteiger partial charge on any atom is -0.390 e. The number of piperazine rings is 1. The fourth-order valence-electron chi connectivity index (χ4n) is 8.88. The average Bonchev–Trinajstić information content (AvgIpc) is 3.55. The Kier molecular flexibility index (Phi) is 12.8. The molecule has 0 unspecified atom stereocenters. The van der Waals surface area contributed by atoms with Crippen molar-refractivity contribution in [2.75, 3.05) is 51.8 Å². The van der Waals surface area contributed by atoms with Crippen LogP contribution < -0.4 is 19.8 Å². The molecule has 11 heteroatoms. The van der Waals surface area contributed by atoms with Crippen molar-refractivity contribution >= 4 is 56.1 Å². The number of aromatic nitrogens is 1. The van der Waals surface area contributed by atoms with Crippen LogP contribution in [0.4, 0.5) is 22.7 Å². The number of sulfonamides is 1. The molecule has 6 aromatic rings. The molecule has 1 atom stereocenters. The van der Waals surface area contributed by atoms with E-state index in [1.807, 2.05) is 74.1 Å². The Morgan fingerprint density at radius 2 is 1.49 bits per heavy atom. The van der Waals surface area contributed by atoms with Crippen molar-refractivity contribution < 1.29 is 13.5 Å². The highest BCUT2D eigenvalue weighted by molar-refractivity contribution is 7.99. The molecule has 61 heavy (non-hydrogen) atoms. The van der Waals surface area contributed by atoms with Crippen LogP contribution in [0.5, 0.6) is 0 Å². The summed E-state index contributed by atoms with van der Waals surface area (Å²) < 4.78 is 32.3.